The van der Waals surface area contributed by atoms with Crippen LogP contribution in [0.4, 0.5) is 0 Å². The first-order valence-electron chi connectivity index (χ1n) is 4.69. The summed E-state index contributed by atoms with van der Waals surface area (Å²) in [6.45, 7) is 0. The average molecular weight is 198 g/mol. The van der Waals surface area contributed by atoms with E-state index in [-0.39, 0.29) is 0 Å². The quantitative estimate of drug-likeness (QED) is 0.469. The second kappa shape index (κ2) is 4.02. The van der Waals surface area contributed by atoms with Gasteiger partial charge in [0.2, 0.25) is 0 Å². The molecular weight excluding hydrogens is 188 g/mol. The Hall–Kier alpha value is -2.01. The zero-order valence-electron chi connectivity index (χ0n) is 8.41. The van der Waals surface area contributed by atoms with Crippen LogP contribution in [0.25, 0.3) is 6.08 Å². The molecule has 0 amide bonds. The van der Waals surface area contributed by atoms with E-state index in [0.717, 1.165) is 12.0 Å². The van der Waals surface area contributed by atoms with E-state index in [0.29, 0.717) is 0 Å². The minimum atomic E-state index is -0.501. The van der Waals surface area contributed by atoms with Crippen molar-refractivity contribution in [3.05, 3.63) is 41.0 Å². The minimum absolute atomic E-state index is 0.501. The van der Waals surface area contributed by atoms with E-state index in [9.17, 15) is 4.79 Å². The van der Waals surface area contributed by atoms with Gasteiger partial charge in [0.1, 0.15) is 0 Å². The van der Waals surface area contributed by atoms with Crippen molar-refractivity contribution in [2.24, 2.45) is 0 Å². The lowest BCUT2D eigenvalue weighted by Gasteiger charge is -2.00. The fourth-order valence-electron chi connectivity index (χ4n) is 1.58. The standard InChI is InChI=1S/C13H10O2/c1-15-13(14)9-8-11-5-2-4-10-6-3-7-12(10)11/h2-6H,7H2,1H3. The van der Waals surface area contributed by atoms with E-state index in [1.165, 1.54) is 18.2 Å². The van der Waals surface area contributed by atoms with E-state index in [4.69, 9.17) is 0 Å². The Morgan fingerprint density at radius 3 is 3.13 bits per heavy atom. The summed E-state index contributed by atoms with van der Waals surface area (Å²) in [6, 6.07) is 5.90. The summed E-state index contributed by atoms with van der Waals surface area (Å²) in [6.07, 6.45) is 5.05. The molecule has 74 valence electrons. The van der Waals surface area contributed by atoms with Crippen LogP contribution in [0.15, 0.2) is 24.3 Å². The van der Waals surface area contributed by atoms with Gasteiger partial charge in [0.05, 0.1) is 7.11 Å². The molecule has 1 aromatic rings. The lowest BCUT2D eigenvalue weighted by atomic mass is 10.0. The van der Waals surface area contributed by atoms with Gasteiger partial charge in [-0.2, -0.15) is 0 Å². The normalized spacial score (nSPS) is 11.5. The predicted molar refractivity (Wildman–Crippen MR) is 58.1 cm³/mol. The lowest BCUT2D eigenvalue weighted by Crippen LogP contribution is -1.95. The van der Waals surface area contributed by atoms with Gasteiger partial charge in [0.25, 0.3) is 0 Å². The van der Waals surface area contributed by atoms with Gasteiger partial charge >= 0.3 is 5.97 Å². The van der Waals surface area contributed by atoms with E-state index in [1.807, 2.05) is 18.2 Å². The molecule has 0 N–H and O–H groups in total. The Balaban J connectivity index is 2.34. The summed E-state index contributed by atoms with van der Waals surface area (Å²) in [5, 5.41) is 0. The van der Waals surface area contributed by atoms with Crippen LogP contribution in [-0.4, -0.2) is 13.1 Å². The molecule has 0 aliphatic heterocycles. The van der Waals surface area contributed by atoms with Gasteiger partial charge in [-0.1, -0.05) is 30.2 Å². The topological polar surface area (TPSA) is 26.3 Å². The maximum Gasteiger partial charge on any atom is 0.384 e. The molecule has 1 aliphatic rings. The number of esters is 1. The van der Waals surface area contributed by atoms with E-state index in [1.54, 1.807) is 0 Å². The Bertz CT molecular complexity index is 487. The van der Waals surface area contributed by atoms with Crippen LogP contribution in [0.2, 0.25) is 0 Å². The van der Waals surface area contributed by atoms with Gasteiger partial charge in [-0.3, -0.25) is 0 Å². The van der Waals surface area contributed by atoms with Crippen LogP contribution in [0, 0.1) is 11.8 Å². The molecule has 0 heterocycles. The number of rotatable bonds is 0. The van der Waals surface area contributed by atoms with Crippen molar-refractivity contribution in [2.45, 2.75) is 6.42 Å². The van der Waals surface area contributed by atoms with Gasteiger partial charge < -0.3 is 4.74 Å². The first-order chi connectivity index (χ1) is 7.31. The maximum absolute atomic E-state index is 10.9. The summed E-state index contributed by atoms with van der Waals surface area (Å²) >= 11 is 0. The third-order valence-corrected chi connectivity index (χ3v) is 2.32. The SMILES string of the molecule is COC(=O)C#Cc1cccc2c1CC=C2. The molecule has 0 saturated heterocycles. The smallest absolute Gasteiger partial charge is 0.384 e. The zero-order chi connectivity index (χ0) is 10.7. The van der Waals surface area contributed by atoms with Crippen molar-refractivity contribution in [3.8, 4) is 11.8 Å². The van der Waals surface area contributed by atoms with Crippen molar-refractivity contribution < 1.29 is 9.53 Å². The average Bonchev–Trinajstić information content (AvgIpc) is 2.74. The first-order valence-corrected chi connectivity index (χ1v) is 4.69. The highest BCUT2D eigenvalue weighted by Gasteiger charge is 2.07. The van der Waals surface area contributed by atoms with Crippen LogP contribution < -0.4 is 0 Å². The number of carbonyl (C=O) groups excluding carboxylic acids is 1. The Kier molecular flexibility index (Phi) is 2.55. The van der Waals surface area contributed by atoms with Gasteiger partial charge in [-0.25, -0.2) is 4.79 Å². The number of ether oxygens (including phenoxy) is 1. The largest absolute Gasteiger partial charge is 0.459 e. The maximum atomic E-state index is 10.9. The summed E-state index contributed by atoms with van der Waals surface area (Å²) in [7, 11) is 1.33. The van der Waals surface area contributed by atoms with E-state index >= 15 is 0 Å². The number of benzene rings is 1. The molecule has 2 nitrogen and oxygen atoms in total. The molecule has 0 spiro atoms. The molecular formula is C13H10O2. The molecule has 0 atom stereocenters. The van der Waals surface area contributed by atoms with Gasteiger partial charge in [-0.05, 0) is 23.6 Å². The second-order valence-electron chi connectivity index (χ2n) is 3.22. The Labute approximate surface area is 88.6 Å². The molecule has 15 heavy (non-hydrogen) atoms. The second-order valence-corrected chi connectivity index (χ2v) is 3.22. The highest BCUT2D eigenvalue weighted by molar-refractivity contribution is 5.89. The van der Waals surface area contributed by atoms with Gasteiger partial charge in [-0.15, -0.1) is 0 Å². The third kappa shape index (κ3) is 1.92. The van der Waals surface area contributed by atoms with Crippen molar-refractivity contribution in [1.29, 1.82) is 0 Å². The summed E-state index contributed by atoms with van der Waals surface area (Å²) in [5.41, 5.74) is 3.28. The van der Waals surface area contributed by atoms with Crippen LogP contribution in [-0.2, 0) is 16.0 Å². The summed E-state index contributed by atoms with van der Waals surface area (Å²) in [4.78, 5) is 10.9. The van der Waals surface area contributed by atoms with Crippen molar-refractivity contribution in [3.63, 3.8) is 0 Å². The number of hydrogen-bond acceptors (Lipinski definition) is 2. The Morgan fingerprint density at radius 1 is 1.47 bits per heavy atom. The van der Waals surface area contributed by atoms with Crippen molar-refractivity contribution in [2.75, 3.05) is 7.11 Å². The molecule has 1 aliphatic carbocycles. The first kappa shape index (κ1) is 9.54. The molecule has 0 unspecified atom stereocenters. The minimum Gasteiger partial charge on any atom is -0.459 e. The highest BCUT2D eigenvalue weighted by atomic mass is 16.5. The van der Waals surface area contributed by atoms with E-state index in [2.05, 4.69) is 28.7 Å². The molecule has 1 aromatic carbocycles. The molecule has 0 bridgehead atoms. The number of methoxy groups -OCH3 is 1. The van der Waals surface area contributed by atoms with Crippen LogP contribution in [0.1, 0.15) is 16.7 Å². The molecule has 0 fully saturated rings. The van der Waals surface area contributed by atoms with E-state index < -0.39 is 5.97 Å². The van der Waals surface area contributed by atoms with Gasteiger partial charge in [0, 0.05) is 11.5 Å². The molecule has 0 radical (unpaired) electrons. The number of fused-ring (bicyclic) bond motifs is 1. The predicted octanol–water partition coefficient (Wildman–Crippen LogP) is 1.78. The monoisotopic (exact) mass is 198 g/mol. The highest BCUT2D eigenvalue weighted by Crippen LogP contribution is 2.22. The Morgan fingerprint density at radius 2 is 2.33 bits per heavy atom. The molecule has 2 rings (SSSR count). The van der Waals surface area contributed by atoms with Crippen LogP contribution >= 0.6 is 0 Å². The number of allylic oxidation sites excluding steroid dienone is 1. The summed E-state index contributed by atoms with van der Waals surface area (Å²) in [5.74, 6) is 4.77. The van der Waals surface area contributed by atoms with Crippen LogP contribution in [0.5, 0.6) is 0 Å². The fourth-order valence-corrected chi connectivity index (χ4v) is 1.58. The molecule has 2 heteroatoms. The molecule has 0 aromatic heterocycles. The van der Waals surface area contributed by atoms with Gasteiger partial charge in [0.15, 0.2) is 0 Å². The molecule has 0 saturated carbocycles. The van der Waals surface area contributed by atoms with Crippen LogP contribution in [0.3, 0.4) is 0 Å². The number of hydrogen-bond donors (Lipinski definition) is 0. The summed E-state index contributed by atoms with van der Waals surface area (Å²) < 4.78 is 4.46. The lowest BCUT2D eigenvalue weighted by molar-refractivity contribution is -0.133. The zero-order valence-corrected chi connectivity index (χ0v) is 8.41. The van der Waals surface area contributed by atoms with Crippen molar-refractivity contribution in [1.82, 2.24) is 0 Å². The third-order valence-electron chi connectivity index (χ3n) is 2.32. The van der Waals surface area contributed by atoms with Crippen molar-refractivity contribution >= 4 is 12.0 Å². The number of carbonyl (C=O) groups is 1. The fraction of sp³-hybridized carbons (Fsp3) is 0.154.